The van der Waals surface area contributed by atoms with Gasteiger partial charge in [-0.1, -0.05) is 6.92 Å². The monoisotopic (exact) mass is 236 g/mol. The van der Waals surface area contributed by atoms with Gasteiger partial charge in [-0.3, -0.25) is 9.36 Å². The first-order valence-corrected chi connectivity index (χ1v) is 5.89. The quantitative estimate of drug-likeness (QED) is 0.719. The largest absolute Gasteiger partial charge is 0.462 e. The number of esters is 1. The summed E-state index contributed by atoms with van der Waals surface area (Å²) in [5.41, 5.74) is -0.245. The molecule has 1 aliphatic rings. The third-order valence-corrected chi connectivity index (χ3v) is 3.00. The molecule has 0 bridgehead atoms. The molecule has 92 valence electrons. The van der Waals surface area contributed by atoms with Crippen LogP contribution in [0.25, 0.3) is 0 Å². The Labute approximate surface area is 99.4 Å². The maximum absolute atomic E-state index is 12.1. The van der Waals surface area contributed by atoms with Gasteiger partial charge >= 0.3 is 5.97 Å². The molecule has 5 heteroatoms. The molecule has 0 aliphatic carbocycles. The molecule has 1 aromatic heterocycles. The number of fused-ring (bicyclic) bond motifs is 1. The lowest BCUT2D eigenvalue weighted by molar-refractivity contribution is 0.0522. The summed E-state index contributed by atoms with van der Waals surface area (Å²) in [7, 11) is 0. The highest BCUT2D eigenvalue weighted by Gasteiger charge is 2.21. The van der Waals surface area contributed by atoms with Crippen molar-refractivity contribution in [3.63, 3.8) is 0 Å². The van der Waals surface area contributed by atoms with Crippen LogP contribution in [0.15, 0.2) is 11.0 Å². The lowest BCUT2D eigenvalue weighted by atomic mass is 10.00. The summed E-state index contributed by atoms with van der Waals surface area (Å²) in [6.45, 7) is 4.74. The van der Waals surface area contributed by atoms with Crippen LogP contribution in [0.3, 0.4) is 0 Å². The molecule has 0 fully saturated rings. The van der Waals surface area contributed by atoms with E-state index in [4.69, 9.17) is 4.74 Å². The maximum atomic E-state index is 12.1. The van der Waals surface area contributed by atoms with Gasteiger partial charge in [0.1, 0.15) is 11.4 Å². The summed E-state index contributed by atoms with van der Waals surface area (Å²) < 4.78 is 6.42. The normalized spacial score (nSPS) is 18.6. The Bertz CT molecular complexity index is 493. The van der Waals surface area contributed by atoms with Crippen LogP contribution in [0.5, 0.6) is 0 Å². The molecule has 0 radical (unpaired) electrons. The van der Waals surface area contributed by atoms with Gasteiger partial charge in [-0.2, -0.15) is 0 Å². The van der Waals surface area contributed by atoms with Crippen LogP contribution >= 0.6 is 0 Å². The number of hydrogen-bond donors (Lipinski definition) is 0. The molecule has 2 rings (SSSR count). The van der Waals surface area contributed by atoms with Gasteiger partial charge in [0.2, 0.25) is 0 Å². The van der Waals surface area contributed by atoms with Crippen LogP contribution in [0.1, 0.15) is 36.5 Å². The molecule has 0 N–H and O–H groups in total. The molecule has 0 saturated heterocycles. The summed E-state index contributed by atoms with van der Waals surface area (Å²) in [4.78, 5) is 27.8. The third kappa shape index (κ3) is 2.23. The first kappa shape index (κ1) is 11.8. The summed E-state index contributed by atoms with van der Waals surface area (Å²) in [5, 5.41) is 0. The highest BCUT2D eigenvalue weighted by Crippen LogP contribution is 2.16. The standard InChI is InChI=1S/C12H16N2O3/c1-3-17-12(16)9-7-13-10-6-8(2)4-5-14(10)11(9)15/h7-8H,3-6H2,1-2H3. The lowest BCUT2D eigenvalue weighted by Crippen LogP contribution is -2.34. The molecule has 2 heterocycles. The van der Waals surface area contributed by atoms with Crippen LogP contribution in [0, 0.1) is 5.92 Å². The number of aromatic nitrogens is 2. The zero-order valence-corrected chi connectivity index (χ0v) is 10.1. The van der Waals surface area contributed by atoms with Crippen LogP contribution in [-0.4, -0.2) is 22.1 Å². The molecule has 1 atom stereocenters. The van der Waals surface area contributed by atoms with E-state index in [-0.39, 0.29) is 17.7 Å². The van der Waals surface area contributed by atoms with Crippen molar-refractivity contribution in [2.24, 2.45) is 5.92 Å². The van der Waals surface area contributed by atoms with E-state index >= 15 is 0 Å². The zero-order valence-electron chi connectivity index (χ0n) is 10.1. The Balaban J connectivity index is 2.40. The fourth-order valence-electron chi connectivity index (χ4n) is 2.03. The molecule has 0 aromatic carbocycles. The van der Waals surface area contributed by atoms with Crippen molar-refractivity contribution in [3.8, 4) is 0 Å². The second kappa shape index (κ2) is 4.69. The minimum Gasteiger partial charge on any atom is -0.462 e. The van der Waals surface area contributed by atoms with Crippen LogP contribution in [-0.2, 0) is 17.7 Å². The lowest BCUT2D eigenvalue weighted by Gasteiger charge is -2.22. The number of carbonyl (C=O) groups is 1. The fraction of sp³-hybridized carbons (Fsp3) is 0.583. The fourth-order valence-corrected chi connectivity index (χ4v) is 2.03. The molecule has 1 unspecified atom stereocenters. The second-order valence-electron chi connectivity index (χ2n) is 4.36. The van der Waals surface area contributed by atoms with Crippen molar-refractivity contribution in [2.45, 2.75) is 33.2 Å². The third-order valence-electron chi connectivity index (χ3n) is 3.00. The van der Waals surface area contributed by atoms with E-state index in [0.717, 1.165) is 18.7 Å². The summed E-state index contributed by atoms with van der Waals surface area (Å²) in [5.74, 6) is 0.719. The number of ether oxygens (including phenoxy) is 1. The Kier molecular flexibility index (Phi) is 3.26. The minimum absolute atomic E-state index is 0.0325. The predicted molar refractivity (Wildman–Crippen MR) is 61.9 cm³/mol. The van der Waals surface area contributed by atoms with E-state index in [9.17, 15) is 9.59 Å². The molecular weight excluding hydrogens is 220 g/mol. The highest BCUT2D eigenvalue weighted by molar-refractivity contribution is 5.88. The van der Waals surface area contributed by atoms with E-state index in [0.29, 0.717) is 12.5 Å². The zero-order chi connectivity index (χ0) is 12.4. The second-order valence-corrected chi connectivity index (χ2v) is 4.36. The molecular formula is C12H16N2O3. The van der Waals surface area contributed by atoms with Crippen molar-refractivity contribution in [1.29, 1.82) is 0 Å². The Morgan fingerprint density at radius 3 is 3.12 bits per heavy atom. The Morgan fingerprint density at radius 1 is 1.65 bits per heavy atom. The molecule has 5 nitrogen and oxygen atoms in total. The van der Waals surface area contributed by atoms with Crippen molar-refractivity contribution in [1.82, 2.24) is 9.55 Å². The van der Waals surface area contributed by atoms with E-state index in [2.05, 4.69) is 11.9 Å². The number of rotatable bonds is 2. The minimum atomic E-state index is -0.584. The topological polar surface area (TPSA) is 61.2 Å². The Morgan fingerprint density at radius 2 is 2.41 bits per heavy atom. The van der Waals surface area contributed by atoms with Gasteiger partial charge in [0.05, 0.1) is 6.61 Å². The number of hydrogen-bond acceptors (Lipinski definition) is 4. The maximum Gasteiger partial charge on any atom is 0.345 e. The van der Waals surface area contributed by atoms with Crippen LogP contribution < -0.4 is 5.56 Å². The van der Waals surface area contributed by atoms with Gasteiger partial charge < -0.3 is 4.74 Å². The van der Waals surface area contributed by atoms with Gasteiger partial charge in [-0.25, -0.2) is 9.78 Å². The van der Waals surface area contributed by atoms with Crippen LogP contribution in [0.4, 0.5) is 0 Å². The first-order chi connectivity index (χ1) is 8.13. The van der Waals surface area contributed by atoms with E-state index in [1.54, 1.807) is 11.5 Å². The van der Waals surface area contributed by atoms with Crippen molar-refractivity contribution >= 4 is 5.97 Å². The summed E-state index contributed by atoms with van der Waals surface area (Å²) >= 11 is 0. The molecule has 17 heavy (non-hydrogen) atoms. The first-order valence-electron chi connectivity index (χ1n) is 5.89. The SMILES string of the molecule is CCOC(=O)c1cnc2n(c1=O)CCC(C)C2. The van der Waals surface area contributed by atoms with Crippen molar-refractivity contribution in [3.05, 3.63) is 27.9 Å². The highest BCUT2D eigenvalue weighted by atomic mass is 16.5. The number of nitrogens with zero attached hydrogens (tertiary/aromatic N) is 2. The molecule has 0 saturated carbocycles. The van der Waals surface area contributed by atoms with Crippen molar-refractivity contribution < 1.29 is 9.53 Å². The summed E-state index contributed by atoms with van der Waals surface area (Å²) in [6, 6.07) is 0. The average Bonchev–Trinajstić information content (AvgIpc) is 2.29. The van der Waals surface area contributed by atoms with E-state index < -0.39 is 5.97 Å². The van der Waals surface area contributed by atoms with Crippen LogP contribution in [0.2, 0.25) is 0 Å². The molecule has 0 spiro atoms. The molecule has 1 aromatic rings. The van der Waals surface area contributed by atoms with E-state index in [1.807, 2.05) is 0 Å². The Hall–Kier alpha value is -1.65. The smallest absolute Gasteiger partial charge is 0.345 e. The van der Waals surface area contributed by atoms with Gasteiger partial charge in [0.25, 0.3) is 5.56 Å². The van der Waals surface area contributed by atoms with Gasteiger partial charge in [-0.15, -0.1) is 0 Å². The molecule has 0 amide bonds. The predicted octanol–water partition coefficient (Wildman–Crippen LogP) is 1.00. The summed E-state index contributed by atoms with van der Waals surface area (Å²) in [6.07, 6.45) is 3.07. The number of carbonyl (C=O) groups excluding carboxylic acids is 1. The van der Waals surface area contributed by atoms with Gasteiger partial charge in [0, 0.05) is 19.2 Å². The van der Waals surface area contributed by atoms with Crippen molar-refractivity contribution in [2.75, 3.05) is 6.61 Å². The van der Waals surface area contributed by atoms with Gasteiger partial charge in [0.15, 0.2) is 0 Å². The van der Waals surface area contributed by atoms with E-state index in [1.165, 1.54) is 6.20 Å². The average molecular weight is 236 g/mol. The molecule has 1 aliphatic heterocycles. The van der Waals surface area contributed by atoms with Gasteiger partial charge in [-0.05, 0) is 19.3 Å².